The highest BCUT2D eigenvalue weighted by Gasteiger charge is 2.21. The van der Waals surface area contributed by atoms with Gasteiger partial charge < -0.3 is 9.80 Å². The zero-order valence-electron chi connectivity index (χ0n) is 15.4. The van der Waals surface area contributed by atoms with Crippen LogP contribution in [0.25, 0.3) is 11.0 Å². The summed E-state index contributed by atoms with van der Waals surface area (Å²) in [7, 11) is 0. The number of halogens is 2. The fourth-order valence-electron chi connectivity index (χ4n) is 3.42. The number of hydrogen-bond acceptors (Lipinski definition) is 6. The summed E-state index contributed by atoms with van der Waals surface area (Å²) in [6.07, 6.45) is -1.13. The Bertz CT molecular complexity index is 1050. The average molecular weight is 386 g/mol. The highest BCUT2D eigenvalue weighted by Crippen LogP contribution is 2.22. The molecule has 9 heteroatoms. The summed E-state index contributed by atoms with van der Waals surface area (Å²) in [4.78, 5) is 25.6. The number of fused-ring (bicyclic) bond motifs is 1. The fourth-order valence-corrected chi connectivity index (χ4v) is 3.42. The maximum atomic E-state index is 12.5. The Hall–Kier alpha value is -3.10. The number of rotatable bonds is 4. The number of hydrogen-bond donors (Lipinski definition) is 0. The smallest absolute Gasteiger partial charge is 0.269 e. The Morgan fingerprint density at radius 3 is 2.32 bits per heavy atom. The van der Waals surface area contributed by atoms with E-state index in [0.717, 1.165) is 27.2 Å². The molecule has 0 N–H and O–H groups in total. The molecule has 1 fully saturated rings. The second kappa shape index (κ2) is 7.49. The van der Waals surface area contributed by atoms with Crippen molar-refractivity contribution in [3.63, 3.8) is 0 Å². The van der Waals surface area contributed by atoms with Crippen LogP contribution in [0.4, 0.5) is 20.3 Å². The van der Waals surface area contributed by atoms with Crippen molar-refractivity contribution in [2.24, 2.45) is 0 Å². The molecule has 146 valence electrons. The van der Waals surface area contributed by atoms with Gasteiger partial charge >= 0.3 is 0 Å². The van der Waals surface area contributed by atoms with Crippen molar-refractivity contribution in [1.82, 2.24) is 19.7 Å². The van der Waals surface area contributed by atoms with E-state index >= 15 is 0 Å². The van der Waals surface area contributed by atoms with Gasteiger partial charge in [0.15, 0.2) is 5.82 Å². The van der Waals surface area contributed by atoms with E-state index in [-0.39, 0.29) is 0 Å². The van der Waals surface area contributed by atoms with Crippen molar-refractivity contribution in [2.75, 3.05) is 36.0 Å². The molecule has 3 heterocycles. The molecule has 2 aromatic heterocycles. The molecule has 4 rings (SSSR count). The van der Waals surface area contributed by atoms with Gasteiger partial charge in [-0.05, 0) is 19.1 Å². The first-order valence-electron chi connectivity index (χ1n) is 9.10. The van der Waals surface area contributed by atoms with E-state index < -0.39 is 18.5 Å². The zero-order chi connectivity index (χ0) is 19.7. The lowest BCUT2D eigenvalue weighted by atomic mass is 10.2. The largest absolute Gasteiger partial charge is 0.367 e. The number of benzene rings is 1. The van der Waals surface area contributed by atoms with Gasteiger partial charge in [-0.3, -0.25) is 4.79 Å². The van der Waals surface area contributed by atoms with Gasteiger partial charge in [-0.15, -0.1) is 0 Å². The van der Waals surface area contributed by atoms with Crippen molar-refractivity contribution < 1.29 is 8.78 Å². The van der Waals surface area contributed by atoms with Gasteiger partial charge in [-0.1, -0.05) is 12.1 Å². The van der Waals surface area contributed by atoms with Gasteiger partial charge in [0, 0.05) is 32.2 Å². The van der Waals surface area contributed by atoms with Crippen LogP contribution in [0.5, 0.6) is 0 Å². The topological polar surface area (TPSA) is 67.2 Å². The maximum absolute atomic E-state index is 12.5. The predicted molar refractivity (Wildman–Crippen MR) is 103 cm³/mol. The van der Waals surface area contributed by atoms with Crippen molar-refractivity contribution >= 4 is 22.5 Å². The van der Waals surface area contributed by atoms with Gasteiger partial charge in [0.05, 0.1) is 28.6 Å². The van der Waals surface area contributed by atoms with Crippen LogP contribution >= 0.6 is 0 Å². The summed E-state index contributed by atoms with van der Waals surface area (Å²) in [5.74, 6) is 0.865. The van der Waals surface area contributed by atoms with E-state index in [1.165, 1.54) is 12.3 Å². The summed E-state index contributed by atoms with van der Waals surface area (Å²) in [6, 6.07) is 9.14. The number of piperazine rings is 1. The van der Waals surface area contributed by atoms with Gasteiger partial charge in [-0.2, -0.15) is 5.10 Å². The van der Waals surface area contributed by atoms with Crippen LogP contribution in [0.15, 0.2) is 41.3 Å². The first-order chi connectivity index (χ1) is 13.5. The summed E-state index contributed by atoms with van der Waals surface area (Å²) in [6.45, 7) is 4.05. The van der Waals surface area contributed by atoms with Crippen LogP contribution in [0, 0.1) is 6.92 Å². The SMILES string of the molecule is Cc1nc2ccccc2nc1N1CCN(c2cnn(CC(F)F)c(=O)c2)CC1. The molecule has 0 bridgehead atoms. The van der Waals surface area contributed by atoms with E-state index in [4.69, 9.17) is 4.98 Å². The standard InChI is InChI=1S/C19H20F2N6O/c1-13-19(24-16-5-3-2-4-15(16)23-13)26-8-6-25(7-9-26)14-10-18(28)27(22-11-14)12-17(20)21/h2-5,10-11,17H,6-9,12H2,1H3. The molecular weight excluding hydrogens is 366 g/mol. The number of anilines is 2. The maximum Gasteiger partial charge on any atom is 0.269 e. The quantitative estimate of drug-likeness (QED) is 0.684. The van der Waals surface area contributed by atoms with Crippen LogP contribution in [-0.4, -0.2) is 52.4 Å². The van der Waals surface area contributed by atoms with Crippen LogP contribution in [0.3, 0.4) is 0 Å². The van der Waals surface area contributed by atoms with E-state index in [1.54, 1.807) is 0 Å². The normalized spacial score (nSPS) is 14.9. The molecule has 0 radical (unpaired) electrons. The molecule has 1 saturated heterocycles. The molecule has 0 amide bonds. The Kier molecular flexibility index (Phi) is 4.89. The van der Waals surface area contributed by atoms with E-state index in [1.807, 2.05) is 36.1 Å². The van der Waals surface area contributed by atoms with Gasteiger partial charge in [0.1, 0.15) is 6.54 Å². The summed E-state index contributed by atoms with van der Waals surface area (Å²) in [5, 5.41) is 3.87. The second-order valence-corrected chi connectivity index (χ2v) is 6.72. The zero-order valence-corrected chi connectivity index (χ0v) is 15.4. The monoisotopic (exact) mass is 386 g/mol. The summed E-state index contributed by atoms with van der Waals surface area (Å²) >= 11 is 0. The molecule has 7 nitrogen and oxygen atoms in total. The van der Waals surface area contributed by atoms with E-state index in [2.05, 4.69) is 15.0 Å². The first-order valence-corrected chi connectivity index (χ1v) is 9.10. The van der Waals surface area contributed by atoms with Crippen molar-refractivity contribution in [3.05, 3.63) is 52.6 Å². The number of para-hydroxylation sites is 2. The van der Waals surface area contributed by atoms with Crippen molar-refractivity contribution in [2.45, 2.75) is 19.9 Å². The Morgan fingerprint density at radius 1 is 1.04 bits per heavy atom. The lowest BCUT2D eigenvalue weighted by Gasteiger charge is -2.36. The fraction of sp³-hybridized carbons (Fsp3) is 0.368. The van der Waals surface area contributed by atoms with Crippen LogP contribution in [0.2, 0.25) is 0 Å². The highest BCUT2D eigenvalue weighted by atomic mass is 19.3. The molecule has 0 saturated carbocycles. The minimum absolute atomic E-state index is 0.517. The first kappa shape index (κ1) is 18.3. The average Bonchev–Trinajstić information content (AvgIpc) is 2.69. The third kappa shape index (κ3) is 3.64. The van der Waals surface area contributed by atoms with E-state index in [9.17, 15) is 13.6 Å². The molecule has 1 aliphatic rings. The molecule has 3 aromatic rings. The molecule has 28 heavy (non-hydrogen) atoms. The second-order valence-electron chi connectivity index (χ2n) is 6.72. The minimum Gasteiger partial charge on any atom is -0.367 e. The molecular formula is C19H20F2N6O. The predicted octanol–water partition coefficient (Wildman–Crippen LogP) is 2.09. The molecule has 0 unspecified atom stereocenters. The minimum atomic E-state index is -2.61. The molecule has 0 spiro atoms. The van der Waals surface area contributed by atoms with Crippen LogP contribution < -0.4 is 15.4 Å². The van der Waals surface area contributed by atoms with Crippen LogP contribution in [-0.2, 0) is 6.54 Å². The van der Waals surface area contributed by atoms with Gasteiger partial charge in [0.25, 0.3) is 12.0 Å². The third-order valence-electron chi connectivity index (χ3n) is 4.83. The number of nitrogens with zero attached hydrogens (tertiary/aromatic N) is 6. The Balaban J connectivity index is 1.48. The summed E-state index contributed by atoms with van der Waals surface area (Å²) < 4.78 is 25.7. The number of aromatic nitrogens is 4. The number of aryl methyl sites for hydroxylation is 1. The molecule has 0 atom stereocenters. The van der Waals surface area contributed by atoms with Crippen LogP contribution in [0.1, 0.15) is 5.69 Å². The third-order valence-corrected chi connectivity index (χ3v) is 4.83. The molecule has 0 aliphatic carbocycles. The highest BCUT2D eigenvalue weighted by molar-refractivity contribution is 5.76. The lowest BCUT2D eigenvalue weighted by Crippen LogP contribution is -2.47. The molecule has 1 aromatic carbocycles. The Labute approximate surface area is 160 Å². The molecule has 1 aliphatic heterocycles. The van der Waals surface area contributed by atoms with Gasteiger partial charge in [0.2, 0.25) is 0 Å². The summed E-state index contributed by atoms with van der Waals surface area (Å²) in [5.41, 5.74) is 2.74. The van der Waals surface area contributed by atoms with Crippen molar-refractivity contribution in [3.8, 4) is 0 Å². The van der Waals surface area contributed by atoms with Crippen molar-refractivity contribution in [1.29, 1.82) is 0 Å². The Morgan fingerprint density at radius 2 is 1.68 bits per heavy atom. The van der Waals surface area contributed by atoms with Gasteiger partial charge in [-0.25, -0.2) is 23.4 Å². The number of alkyl halides is 2. The lowest BCUT2D eigenvalue weighted by molar-refractivity contribution is 0.119. The van der Waals surface area contributed by atoms with E-state index in [0.29, 0.717) is 31.9 Å².